The largest absolute Gasteiger partial charge is 0.389 e. The van der Waals surface area contributed by atoms with Gasteiger partial charge in [0.25, 0.3) is 0 Å². The Bertz CT molecular complexity index is 336. The average Bonchev–Trinajstić information content (AvgIpc) is 2.22. The van der Waals surface area contributed by atoms with E-state index in [4.69, 9.17) is 16.3 Å². The smallest absolute Gasteiger partial charge is 0.129 e. The van der Waals surface area contributed by atoms with Crippen LogP contribution < -0.4 is 5.32 Å². The topological polar surface area (TPSA) is 41.5 Å². The minimum Gasteiger partial charge on any atom is -0.389 e. The van der Waals surface area contributed by atoms with E-state index in [-0.39, 0.29) is 12.4 Å². The molecule has 0 heterocycles. The lowest BCUT2D eigenvalue weighted by molar-refractivity contribution is 0.0643. The van der Waals surface area contributed by atoms with Crippen molar-refractivity contribution in [1.82, 2.24) is 5.32 Å². The fraction of sp³-hybridized carbons (Fsp3) is 0.455. The SMILES string of the molecule is COCC(O)CNCc1ccc(Cl)cc1F. The molecule has 5 heteroatoms. The minimum atomic E-state index is -0.583. The molecule has 90 valence electrons. The van der Waals surface area contributed by atoms with E-state index in [0.717, 1.165) is 0 Å². The molecule has 1 atom stereocenters. The Hall–Kier alpha value is -0.680. The molecule has 0 saturated heterocycles. The molecule has 0 aromatic heterocycles. The third-order valence-corrected chi connectivity index (χ3v) is 2.30. The van der Waals surface area contributed by atoms with Crippen LogP contribution in [-0.2, 0) is 11.3 Å². The van der Waals surface area contributed by atoms with Crippen LogP contribution in [0.4, 0.5) is 4.39 Å². The Labute approximate surface area is 99.2 Å². The molecule has 0 fully saturated rings. The maximum atomic E-state index is 13.3. The number of hydrogen-bond donors (Lipinski definition) is 2. The first-order chi connectivity index (χ1) is 7.63. The predicted octanol–water partition coefficient (Wildman–Crippen LogP) is 1.58. The third-order valence-electron chi connectivity index (χ3n) is 2.07. The monoisotopic (exact) mass is 247 g/mol. The van der Waals surface area contributed by atoms with Gasteiger partial charge in [-0.15, -0.1) is 0 Å². The molecule has 0 bridgehead atoms. The Kier molecular flexibility index (Phi) is 5.69. The van der Waals surface area contributed by atoms with E-state index in [1.165, 1.54) is 13.2 Å². The molecule has 0 radical (unpaired) electrons. The van der Waals surface area contributed by atoms with Crippen LogP contribution in [0.1, 0.15) is 5.56 Å². The van der Waals surface area contributed by atoms with Crippen molar-refractivity contribution >= 4 is 11.6 Å². The van der Waals surface area contributed by atoms with Crippen LogP contribution in [0, 0.1) is 5.82 Å². The first kappa shape index (κ1) is 13.4. The van der Waals surface area contributed by atoms with Gasteiger partial charge >= 0.3 is 0 Å². The second-order valence-corrected chi connectivity index (χ2v) is 3.91. The molecule has 0 aliphatic rings. The van der Waals surface area contributed by atoms with Crippen LogP contribution in [0.25, 0.3) is 0 Å². The lowest BCUT2D eigenvalue weighted by atomic mass is 10.2. The van der Waals surface area contributed by atoms with Crippen LogP contribution in [-0.4, -0.2) is 31.5 Å². The summed E-state index contributed by atoms with van der Waals surface area (Å²) in [4.78, 5) is 0. The zero-order chi connectivity index (χ0) is 12.0. The molecule has 1 unspecified atom stereocenters. The van der Waals surface area contributed by atoms with Gasteiger partial charge in [-0.2, -0.15) is 0 Å². The molecular formula is C11H15ClFNO2. The fourth-order valence-electron chi connectivity index (χ4n) is 1.29. The number of benzene rings is 1. The standard InChI is InChI=1S/C11H15ClFNO2/c1-16-7-10(15)6-14-5-8-2-3-9(12)4-11(8)13/h2-4,10,14-15H,5-7H2,1H3. The van der Waals surface area contributed by atoms with Gasteiger partial charge < -0.3 is 15.2 Å². The second kappa shape index (κ2) is 6.81. The van der Waals surface area contributed by atoms with E-state index in [2.05, 4.69) is 5.32 Å². The third kappa shape index (κ3) is 4.45. The normalized spacial score (nSPS) is 12.8. The molecule has 2 N–H and O–H groups in total. The van der Waals surface area contributed by atoms with Gasteiger partial charge in [0.2, 0.25) is 0 Å². The number of ether oxygens (including phenoxy) is 1. The summed E-state index contributed by atoms with van der Waals surface area (Å²) in [6, 6.07) is 4.52. The molecule has 1 rings (SSSR count). The molecule has 0 aliphatic carbocycles. The van der Waals surface area contributed by atoms with Gasteiger partial charge in [-0.3, -0.25) is 0 Å². The molecule has 0 amide bonds. The van der Waals surface area contributed by atoms with Crippen molar-refractivity contribution in [1.29, 1.82) is 0 Å². The van der Waals surface area contributed by atoms with Gasteiger partial charge in [-0.25, -0.2) is 4.39 Å². The second-order valence-electron chi connectivity index (χ2n) is 3.48. The van der Waals surface area contributed by atoms with Crippen molar-refractivity contribution in [3.8, 4) is 0 Å². The van der Waals surface area contributed by atoms with Crippen molar-refractivity contribution < 1.29 is 14.2 Å². The Morgan fingerprint density at radius 3 is 2.94 bits per heavy atom. The summed E-state index contributed by atoms with van der Waals surface area (Å²) in [6.07, 6.45) is -0.583. The summed E-state index contributed by atoms with van der Waals surface area (Å²) in [5.74, 6) is -0.346. The lowest BCUT2D eigenvalue weighted by Crippen LogP contribution is -2.29. The quantitative estimate of drug-likeness (QED) is 0.802. The first-order valence-corrected chi connectivity index (χ1v) is 5.33. The predicted molar refractivity (Wildman–Crippen MR) is 61.0 cm³/mol. The van der Waals surface area contributed by atoms with Gasteiger partial charge in [0.15, 0.2) is 0 Å². The molecule has 0 spiro atoms. The van der Waals surface area contributed by atoms with E-state index < -0.39 is 6.10 Å². The maximum Gasteiger partial charge on any atom is 0.129 e. The molecular weight excluding hydrogens is 233 g/mol. The molecule has 0 saturated carbocycles. The van der Waals surface area contributed by atoms with Gasteiger partial charge in [-0.1, -0.05) is 17.7 Å². The first-order valence-electron chi connectivity index (χ1n) is 4.95. The van der Waals surface area contributed by atoms with Crippen LogP contribution in [0.2, 0.25) is 5.02 Å². The molecule has 1 aromatic rings. The van der Waals surface area contributed by atoms with E-state index >= 15 is 0 Å². The van der Waals surface area contributed by atoms with E-state index in [0.29, 0.717) is 23.7 Å². The summed E-state index contributed by atoms with van der Waals surface area (Å²) >= 11 is 5.63. The minimum absolute atomic E-state index is 0.260. The highest BCUT2D eigenvalue weighted by Crippen LogP contribution is 2.14. The lowest BCUT2D eigenvalue weighted by Gasteiger charge is -2.11. The molecule has 16 heavy (non-hydrogen) atoms. The van der Waals surface area contributed by atoms with E-state index in [1.807, 2.05) is 0 Å². The van der Waals surface area contributed by atoms with Gasteiger partial charge in [0, 0.05) is 30.8 Å². The number of aliphatic hydroxyl groups is 1. The van der Waals surface area contributed by atoms with Crippen molar-refractivity contribution in [2.45, 2.75) is 12.6 Å². The number of aliphatic hydroxyl groups excluding tert-OH is 1. The van der Waals surface area contributed by atoms with Crippen molar-refractivity contribution in [3.63, 3.8) is 0 Å². The summed E-state index contributed by atoms with van der Waals surface area (Å²) in [6.45, 7) is 0.968. The molecule has 3 nitrogen and oxygen atoms in total. The Morgan fingerprint density at radius 1 is 1.56 bits per heavy atom. The average molecular weight is 248 g/mol. The number of hydrogen-bond acceptors (Lipinski definition) is 3. The number of methoxy groups -OCH3 is 1. The number of rotatable bonds is 6. The summed E-state index contributed by atoms with van der Waals surface area (Å²) in [5.41, 5.74) is 0.522. The van der Waals surface area contributed by atoms with Crippen LogP contribution in [0.3, 0.4) is 0 Å². The highest BCUT2D eigenvalue weighted by molar-refractivity contribution is 6.30. The van der Waals surface area contributed by atoms with Crippen LogP contribution in [0.15, 0.2) is 18.2 Å². The van der Waals surface area contributed by atoms with Crippen molar-refractivity contribution in [2.24, 2.45) is 0 Å². The highest BCUT2D eigenvalue weighted by atomic mass is 35.5. The highest BCUT2D eigenvalue weighted by Gasteiger charge is 2.05. The number of halogens is 2. The van der Waals surface area contributed by atoms with E-state index in [9.17, 15) is 9.50 Å². The summed E-state index contributed by atoms with van der Waals surface area (Å²) in [5, 5.41) is 12.6. The van der Waals surface area contributed by atoms with Gasteiger partial charge in [0.1, 0.15) is 5.82 Å². The number of nitrogens with one attached hydrogen (secondary N) is 1. The summed E-state index contributed by atoms with van der Waals surface area (Å²) < 4.78 is 18.1. The van der Waals surface area contributed by atoms with E-state index in [1.54, 1.807) is 12.1 Å². The fourth-order valence-corrected chi connectivity index (χ4v) is 1.45. The Balaban J connectivity index is 2.37. The Morgan fingerprint density at radius 2 is 2.31 bits per heavy atom. The zero-order valence-corrected chi connectivity index (χ0v) is 9.80. The molecule has 1 aromatic carbocycles. The summed E-state index contributed by atoms with van der Waals surface area (Å²) in [7, 11) is 1.52. The van der Waals surface area contributed by atoms with Gasteiger partial charge in [0.05, 0.1) is 12.7 Å². The van der Waals surface area contributed by atoms with Crippen molar-refractivity contribution in [3.05, 3.63) is 34.6 Å². The maximum absolute atomic E-state index is 13.3. The van der Waals surface area contributed by atoms with Crippen LogP contribution >= 0.6 is 11.6 Å². The van der Waals surface area contributed by atoms with Crippen molar-refractivity contribution in [2.75, 3.05) is 20.3 Å². The molecule has 0 aliphatic heterocycles. The van der Waals surface area contributed by atoms with Crippen LogP contribution in [0.5, 0.6) is 0 Å². The van der Waals surface area contributed by atoms with Gasteiger partial charge in [-0.05, 0) is 12.1 Å². The zero-order valence-electron chi connectivity index (χ0n) is 9.04.